The molecule has 0 aliphatic carbocycles. The summed E-state index contributed by atoms with van der Waals surface area (Å²) in [4.78, 5) is 42.1. The number of anilines is 3. The number of benzene rings is 3. The number of nitrogens with one attached hydrogen (secondary N) is 1. The first kappa shape index (κ1) is 35.1. The quantitative estimate of drug-likeness (QED) is 0.242. The zero-order valence-corrected chi connectivity index (χ0v) is 27.0. The van der Waals surface area contributed by atoms with Gasteiger partial charge in [0, 0.05) is 18.8 Å². The third-order valence-corrected chi connectivity index (χ3v) is 9.41. The molecule has 5 N–H and O–H groups in total. The molecule has 250 valence electrons. The fraction of sp³-hybridized carbons (Fsp3) is 0.176. The predicted molar refractivity (Wildman–Crippen MR) is 180 cm³/mol. The molecule has 1 unspecified atom stereocenters. The maximum Gasteiger partial charge on any atom is 0.277 e. The van der Waals surface area contributed by atoms with Crippen LogP contribution in [0.2, 0.25) is 0 Å². The van der Waals surface area contributed by atoms with Crippen LogP contribution in [0, 0.1) is 5.92 Å². The largest absolute Gasteiger partial charge is 0.508 e. The van der Waals surface area contributed by atoms with Crippen LogP contribution in [0.25, 0.3) is 5.76 Å². The Morgan fingerprint density at radius 1 is 0.833 bits per heavy atom. The Kier molecular flexibility index (Phi) is 10.8. The number of hydrogen-bond donors (Lipinski definition) is 3. The van der Waals surface area contributed by atoms with E-state index in [1.807, 2.05) is 25.1 Å². The van der Waals surface area contributed by atoms with Gasteiger partial charge in [-0.05, 0) is 67.1 Å². The normalized spacial score (nSPS) is 16.5. The minimum atomic E-state index is -3.91. The van der Waals surface area contributed by atoms with Crippen molar-refractivity contribution in [3.05, 3.63) is 115 Å². The minimum Gasteiger partial charge on any atom is -0.508 e. The summed E-state index contributed by atoms with van der Waals surface area (Å²) in [5.74, 6) is -1.87. The lowest BCUT2D eigenvalue weighted by Gasteiger charge is -2.28. The molecule has 6 rings (SSSR count). The molecule has 0 bridgehead atoms. The first-order valence-corrected chi connectivity index (χ1v) is 16.3. The number of hydrogen-bond acceptors (Lipinski definition) is 8. The van der Waals surface area contributed by atoms with Crippen LogP contribution in [-0.4, -0.2) is 58.2 Å². The van der Waals surface area contributed by atoms with E-state index in [9.17, 15) is 33.0 Å². The van der Waals surface area contributed by atoms with Crippen LogP contribution in [0.4, 0.5) is 17.2 Å². The monoisotopic (exact) mass is 673 g/mol. The van der Waals surface area contributed by atoms with Crippen molar-refractivity contribution in [2.75, 3.05) is 22.4 Å². The molecule has 2 aliphatic rings. The number of phenolic OH excluding ortho intramolecular Hbond substituents is 1. The molecule has 0 spiro atoms. The molecule has 4 aromatic rings. The second-order valence-corrected chi connectivity index (χ2v) is 12.6. The lowest BCUT2D eigenvalue weighted by Crippen LogP contribution is -2.41. The van der Waals surface area contributed by atoms with E-state index in [2.05, 4.69) is 10.3 Å². The second kappa shape index (κ2) is 14.8. The van der Waals surface area contributed by atoms with Gasteiger partial charge in [0.05, 0.1) is 16.3 Å². The summed E-state index contributed by atoms with van der Waals surface area (Å²) in [5.41, 5.74) is 0.961. The third kappa shape index (κ3) is 6.84. The van der Waals surface area contributed by atoms with Gasteiger partial charge in [0.25, 0.3) is 27.7 Å². The van der Waals surface area contributed by atoms with E-state index < -0.39 is 27.6 Å². The first-order chi connectivity index (χ1) is 22.6. The summed E-state index contributed by atoms with van der Waals surface area (Å²) < 4.78 is 25.8. The van der Waals surface area contributed by atoms with E-state index in [0.717, 1.165) is 17.1 Å². The number of carbonyl (C=O) groups is 3. The van der Waals surface area contributed by atoms with E-state index in [1.54, 1.807) is 54.6 Å². The number of hydrazine groups is 1. The highest BCUT2D eigenvalue weighted by atomic mass is 32.2. The highest BCUT2D eigenvalue weighted by Gasteiger charge is 2.46. The van der Waals surface area contributed by atoms with Gasteiger partial charge < -0.3 is 21.0 Å². The van der Waals surface area contributed by atoms with Crippen LogP contribution in [0.3, 0.4) is 0 Å². The SMILES string of the molecule is CCCCC1C(=O)N(c2ccccc2)N(c2ccc(O)cc2)C1=O.CN1C(C(=O)Nc2ccccn2)=C(O)c2ccccc2S1(=O)=O.O. The first-order valence-electron chi connectivity index (χ1n) is 14.8. The van der Waals surface area contributed by atoms with Gasteiger partial charge in [0.15, 0.2) is 11.5 Å². The van der Waals surface area contributed by atoms with Gasteiger partial charge in [0.1, 0.15) is 17.5 Å². The molecular weight excluding hydrogens is 638 g/mol. The Morgan fingerprint density at radius 2 is 1.42 bits per heavy atom. The Morgan fingerprint density at radius 3 is 2.02 bits per heavy atom. The molecule has 1 atom stereocenters. The fourth-order valence-electron chi connectivity index (χ4n) is 5.20. The Bertz CT molecular complexity index is 1920. The van der Waals surface area contributed by atoms with Crippen molar-refractivity contribution in [3.8, 4) is 5.75 Å². The number of fused-ring (bicyclic) bond motifs is 1. The van der Waals surface area contributed by atoms with Crippen LogP contribution in [0.1, 0.15) is 31.7 Å². The van der Waals surface area contributed by atoms with Crippen LogP contribution in [0.15, 0.2) is 114 Å². The summed E-state index contributed by atoms with van der Waals surface area (Å²) in [6.45, 7) is 2.04. The molecule has 48 heavy (non-hydrogen) atoms. The molecule has 1 aromatic heterocycles. The predicted octanol–water partition coefficient (Wildman–Crippen LogP) is 4.25. The van der Waals surface area contributed by atoms with Gasteiger partial charge in [-0.2, -0.15) is 0 Å². The number of aromatic nitrogens is 1. The van der Waals surface area contributed by atoms with Gasteiger partial charge in [-0.25, -0.2) is 23.4 Å². The maximum atomic E-state index is 12.9. The van der Waals surface area contributed by atoms with Gasteiger partial charge in [-0.15, -0.1) is 0 Å². The highest BCUT2D eigenvalue weighted by Crippen LogP contribution is 2.36. The number of aliphatic hydroxyl groups is 1. The number of aliphatic hydroxyl groups excluding tert-OH is 1. The lowest BCUT2D eigenvalue weighted by atomic mass is 10.0. The maximum absolute atomic E-state index is 12.9. The molecule has 3 heterocycles. The average Bonchev–Trinajstić information content (AvgIpc) is 3.33. The van der Waals surface area contributed by atoms with Gasteiger partial charge in [-0.1, -0.05) is 56.2 Å². The molecule has 0 saturated carbocycles. The fourth-order valence-corrected chi connectivity index (χ4v) is 6.59. The van der Waals surface area contributed by atoms with Crippen molar-refractivity contribution in [1.82, 2.24) is 9.29 Å². The number of rotatable bonds is 7. The lowest BCUT2D eigenvalue weighted by molar-refractivity contribution is -0.127. The zero-order chi connectivity index (χ0) is 33.7. The number of unbranched alkanes of at least 4 members (excludes halogenated alkanes) is 1. The van der Waals surface area contributed by atoms with Crippen molar-refractivity contribution in [1.29, 1.82) is 0 Å². The number of likely N-dealkylation sites (N-methyl/N-ethyl adjacent to an activating group) is 1. The number of nitrogens with zero attached hydrogens (tertiary/aromatic N) is 4. The standard InChI is InChI=1S/C19H20N2O3.C15H13N3O4S.H2O/c1-2-3-9-17-18(23)20(14-7-5-4-6-8-14)21(19(17)24)15-10-12-16(22)13-11-15;1-18-13(15(20)17-12-8-4-5-9-16-12)14(19)10-6-2-3-7-11(10)23(18,21)22;/h4-8,10-13,17,22H,2-3,9H2,1H3;2-9,19H,1H3,(H,16,17,20);1H2. The Hall–Kier alpha value is -5.73. The summed E-state index contributed by atoms with van der Waals surface area (Å²) in [5, 5.41) is 25.2. The minimum absolute atomic E-state index is 0. The molecule has 1 saturated heterocycles. The summed E-state index contributed by atoms with van der Waals surface area (Å²) in [6.07, 6.45) is 3.79. The molecule has 13 nitrogen and oxygen atoms in total. The number of carbonyl (C=O) groups excluding carboxylic acids is 3. The number of phenols is 1. The number of pyridine rings is 1. The van der Waals surface area contributed by atoms with Crippen molar-refractivity contribution in [3.63, 3.8) is 0 Å². The van der Waals surface area contributed by atoms with E-state index in [-0.39, 0.29) is 45.0 Å². The summed E-state index contributed by atoms with van der Waals surface area (Å²) >= 11 is 0. The van der Waals surface area contributed by atoms with Crippen LogP contribution in [-0.2, 0) is 24.4 Å². The molecule has 2 aliphatic heterocycles. The Balaban J connectivity index is 0.000000212. The van der Waals surface area contributed by atoms with E-state index in [1.165, 1.54) is 47.5 Å². The molecule has 0 radical (unpaired) electrons. The number of para-hydroxylation sites is 1. The summed E-state index contributed by atoms with van der Waals surface area (Å²) in [6, 6.07) is 26.3. The van der Waals surface area contributed by atoms with E-state index in [0.29, 0.717) is 17.8 Å². The number of amides is 3. The molecule has 3 amide bonds. The third-order valence-electron chi connectivity index (χ3n) is 7.60. The van der Waals surface area contributed by atoms with Crippen LogP contribution >= 0.6 is 0 Å². The number of sulfonamides is 1. The van der Waals surface area contributed by atoms with Crippen LogP contribution in [0.5, 0.6) is 5.75 Å². The number of aromatic hydroxyl groups is 1. The molecule has 14 heteroatoms. The van der Waals surface area contributed by atoms with Gasteiger partial charge in [-0.3, -0.25) is 18.7 Å². The molecule has 1 fully saturated rings. The van der Waals surface area contributed by atoms with Crippen molar-refractivity contribution >= 4 is 50.7 Å². The van der Waals surface area contributed by atoms with Gasteiger partial charge >= 0.3 is 0 Å². The van der Waals surface area contributed by atoms with Gasteiger partial charge in [0.2, 0.25) is 0 Å². The van der Waals surface area contributed by atoms with Crippen molar-refractivity contribution in [2.24, 2.45) is 5.92 Å². The summed E-state index contributed by atoms with van der Waals surface area (Å²) in [7, 11) is -2.69. The molecular formula is C34H35N5O8S. The average molecular weight is 674 g/mol. The van der Waals surface area contributed by atoms with E-state index >= 15 is 0 Å². The Labute approximate surface area is 277 Å². The highest BCUT2D eigenvalue weighted by molar-refractivity contribution is 7.89. The van der Waals surface area contributed by atoms with Crippen LogP contribution < -0.4 is 15.3 Å². The zero-order valence-electron chi connectivity index (χ0n) is 26.1. The van der Waals surface area contributed by atoms with E-state index in [4.69, 9.17) is 0 Å². The molecule has 3 aromatic carbocycles. The topological polar surface area (TPSA) is 192 Å². The van der Waals surface area contributed by atoms with Crippen molar-refractivity contribution in [2.45, 2.75) is 31.1 Å². The van der Waals surface area contributed by atoms with Crippen molar-refractivity contribution < 1.29 is 38.5 Å². The second-order valence-electron chi connectivity index (χ2n) is 10.7. The smallest absolute Gasteiger partial charge is 0.277 e.